The molecule has 2 aliphatic heterocycles. The SMILES string of the molecule is N#CC1(C2=NN(Cc3cccc(-c4ncc(OCC5CCNCC5)cn4)c3)CC=C2)C=CC=CC1=O. The van der Waals surface area contributed by atoms with Crippen LogP contribution in [-0.2, 0) is 11.3 Å². The summed E-state index contributed by atoms with van der Waals surface area (Å²) >= 11 is 0. The molecule has 182 valence electrons. The summed E-state index contributed by atoms with van der Waals surface area (Å²) in [5.41, 5.74) is 0.980. The summed E-state index contributed by atoms with van der Waals surface area (Å²) in [6, 6.07) is 10.1. The van der Waals surface area contributed by atoms with E-state index in [2.05, 4.69) is 26.5 Å². The van der Waals surface area contributed by atoms with E-state index in [9.17, 15) is 10.1 Å². The van der Waals surface area contributed by atoms with Gasteiger partial charge in [-0.3, -0.25) is 9.80 Å². The fraction of sp³-hybridized carbons (Fsp3) is 0.321. The van der Waals surface area contributed by atoms with Crippen LogP contribution in [0, 0.1) is 22.7 Å². The van der Waals surface area contributed by atoms with Crippen molar-refractivity contribution >= 4 is 11.5 Å². The van der Waals surface area contributed by atoms with Crippen molar-refractivity contribution in [1.29, 1.82) is 5.26 Å². The molecule has 0 bridgehead atoms. The highest BCUT2D eigenvalue weighted by Gasteiger charge is 2.41. The highest BCUT2D eigenvalue weighted by Crippen LogP contribution is 2.29. The summed E-state index contributed by atoms with van der Waals surface area (Å²) in [5, 5.41) is 19.7. The van der Waals surface area contributed by atoms with Crippen molar-refractivity contribution in [2.75, 3.05) is 26.2 Å². The number of carbonyl (C=O) groups excluding carboxylic acids is 1. The van der Waals surface area contributed by atoms with Gasteiger partial charge in [0.2, 0.25) is 0 Å². The molecule has 1 aromatic heterocycles. The quantitative estimate of drug-likeness (QED) is 0.647. The Morgan fingerprint density at radius 1 is 1.17 bits per heavy atom. The third kappa shape index (κ3) is 5.11. The van der Waals surface area contributed by atoms with E-state index in [0.29, 0.717) is 42.9 Å². The zero-order chi connectivity index (χ0) is 24.8. The number of piperidine rings is 1. The highest BCUT2D eigenvalue weighted by molar-refractivity contribution is 6.22. The van der Waals surface area contributed by atoms with Gasteiger partial charge in [0.1, 0.15) is 0 Å². The number of hydrazone groups is 1. The van der Waals surface area contributed by atoms with Crippen LogP contribution < -0.4 is 10.1 Å². The molecule has 1 N–H and O–H groups in total. The molecule has 0 radical (unpaired) electrons. The van der Waals surface area contributed by atoms with Crippen molar-refractivity contribution in [3.63, 3.8) is 0 Å². The van der Waals surface area contributed by atoms with Crippen molar-refractivity contribution in [2.24, 2.45) is 16.4 Å². The predicted molar refractivity (Wildman–Crippen MR) is 137 cm³/mol. The number of nitriles is 1. The third-order valence-corrected chi connectivity index (χ3v) is 6.64. The molecule has 1 atom stereocenters. The van der Waals surface area contributed by atoms with Crippen LogP contribution in [0.2, 0.25) is 0 Å². The minimum absolute atomic E-state index is 0.278. The number of nitrogens with one attached hydrogen (secondary N) is 1. The topological polar surface area (TPSA) is 104 Å². The summed E-state index contributed by atoms with van der Waals surface area (Å²) in [5.74, 6) is 1.60. The van der Waals surface area contributed by atoms with Gasteiger partial charge in [0.25, 0.3) is 0 Å². The highest BCUT2D eigenvalue weighted by atomic mass is 16.5. The van der Waals surface area contributed by atoms with E-state index < -0.39 is 5.41 Å². The molecule has 0 saturated carbocycles. The number of carbonyl (C=O) groups is 1. The maximum Gasteiger partial charge on any atom is 0.185 e. The number of ether oxygens (including phenoxy) is 1. The van der Waals surface area contributed by atoms with E-state index in [1.165, 1.54) is 6.08 Å². The van der Waals surface area contributed by atoms with E-state index >= 15 is 0 Å². The molecule has 8 nitrogen and oxygen atoms in total. The zero-order valence-corrected chi connectivity index (χ0v) is 20.0. The second kappa shape index (κ2) is 10.7. The lowest BCUT2D eigenvalue weighted by molar-refractivity contribution is -0.117. The lowest BCUT2D eigenvalue weighted by Crippen LogP contribution is -2.38. The Hall–Kier alpha value is -4.09. The molecule has 1 fully saturated rings. The molecule has 8 heteroatoms. The van der Waals surface area contributed by atoms with Crippen LogP contribution in [0.25, 0.3) is 11.4 Å². The Labute approximate surface area is 210 Å². The maximum atomic E-state index is 12.5. The summed E-state index contributed by atoms with van der Waals surface area (Å²) in [6.07, 6.45) is 15.8. The number of rotatable bonds is 7. The Morgan fingerprint density at radius 2 is 2.00 bits per heavy atom. The normalized spacial score (nSPS) is 21.8. The summed E-state index contributed by atoms with van der Waals surface area (Å²) in [6.45, 7) is 3.89. The van der Waals surface area contributed by atoms with Crippen LogP contribution in [0.15, 0.2) is 78.2 Å². The summed E-state index contributed by atoms with van der Waals surface area (Å²) in [7, 11) is 0. The Bertz CT molecular complexity index is 1270. The van der Waals surface area contributed by atoms with Crippen LogP contribution in [-0.4, -0.2) is 52.7 Å². The van der Waals surface area contributed by atoms with Gasteiger partial charge in [0.05, 0.1) is 43.9 Å². The van der Waals surface area contributed by atoms with Crippen LogP contribution in [0.1, 0.15) is 18.4 Å². The molecule has 3 aliphatic rings. The number of allylic oxidation sites excluding steroid dienone is 5. The van der Waals surface area contributed by atoms with E-state index in [0.717, 1.165) is 37.1 Å². The number of hydrogen-bond donors (Lipinski definition) is 1. The Balaban J connectivity index is 1.26. The first-order valence-corrected chi connectivity index (χ1v) is 12.2. The minimum atomic E-state index is -1.38. The maximum absolute atomic E-state index is 12.5. The Kier molecular flexibility index (Phi) is 7.01. The minimum Gasteiger partial charge on any atom is -0.490 e. The van der Waals surface area contributed by atoms with Crippen molar-refractivity contribution in [3.8, 4) is 23.2 Å². The van der Waals surface area contributed by atoms with E-state index in [1.807, 2.05) is 35.4 Å². The van der Waals surface area contributed by atoms with Crippen LogP contribution >= 0.6 is 0 Å². The monoisotopic (exact) mass is 480 g/mol. The fourth-order valence-electron chi connectivity index (χ4n) is 4.56. The second-order valence-electron chi connectivity index (χ2n) is 9.18. The van der Waals surface area contributed by atoms with Crippen molar-refractivity contribution < 1.29 is 9.53 Å². The predicted octanol–water partition coefficient (Wildman–Crippen LogP) is 3.45. The van der Waals surface area contributed by atoms with Crippen LogP contribution in [0.5, 0.6) is 5.75 Å². The van der Waals surface area contributed by atoms with Crippen molar-refractivity contribution in [2.45, 2.75) is 19.4 Å². The molecule has 3 heterocycles. The van der Waals surface area contributed by atoms with Gasteiger partial charge >= 0.3 is 0 Å². The van der Waals surface area contributed by atoms with E-state index in [-0.39, 0.29) is 5.78 Å². The van der Waals surface area contributed by atoms with Gasteiger partial charge in [-0.15, -0.1) is 0 Å². The van der Waals surface area contributed by atoms with E-state index in [4.69, 9.17) is 4.74 Å². The van der Waals surface area contributed by atoms with Gasteiger partial charge in [-0.1, -0.05) is 42.5 Å². The number of aromatic nitrogens is 2. The first kappa shape index (κ1) is 23.6. The molecule has 1 aromatic carbocycles. The third-order valence-electron chi connectivity index (χ3n) is 6.64. The molecule has 1 aliphatic carbocycles. The second-order valence-corrected chi connectivity index (χ2v) is 9.18. The summed E-state index contributed by atoms with van der Waals surface area (Å²) in [4.78, 5) is 21.6. The number of hydrogen-bond acceptors (Lipinski definition) is 8. The number of benzene rings is 1. The molecule has 0 amide bonds. The largest absolute Gasteiger partial charge is 0.490 e. The standard InChI is InChI=1S/C28H28N6O2/c29-20-28(11-2-1-8-26(28)35)25-7-4-14-34(33-25)18-22-5-3-6-23(15-22)27-31-16-24(17-32-27)36-19-21-9-12-30-13-10-21/h1-8,11,15-17,21,30H,9-10,12-14,18-19H2. The van der Waals surface area contributed by atoms with E-state index in [1.54, 1.807) is 36.7 Å². The molecular formula is C28H28N6O2. The van der Waals surface area contributed by atoms with Crippen molar-refractivity contribution in [3.05, 3.63) is 78.7 Å². The lowest BCUT2D eigenvalue weighted by atomic mass is 9.77. The molecule has 5 rings (SSSR count). The van der Waals surface area contributed by atoms with Crippen LogP contribution in [0.4, 0.5) is 0 Å². The van der Waals surface area contributed by atoms with Gasteiger partial charge in [0.15, 0.2) is 22.8 Å². The lowest BCUT2D eigenvalue weighted by Gasteiger charge is -2.28. The van der Waals surface area contributed by atoms with Crippen LogP contribution in [0.3, 0.4) is 0 Å². The average Bonchev–Trinajstić information content (AvgIpc) is 2.93. The van der Waals surface area contributed by atoms with Gasteiger partial charge in [-0.25, -0.2) is 9.97 Å². The first-order chi connectivity index (χ1) is 17.7. The number of nitrogens with zero attached hydrogens (tertiary/aromatic N) is 5. The molecule has 1 saturated heterocycles. The molecule has 1 unspecified atom stereocenters. The fourth-order valence-corrected chi connectivity index (χ4v) is 4.56. The molecule has 0 spiro atoms. The number of ketones is 1. The zero-order valence-electron chi connectivity index (χ0n) is 20.0. The average molecular weight is 481 g/mol. The molecular weight excluding hydrogens is 452 g/mol. The summed E-state index contributed by atoms with van der Waals surface area (Å²) < 4.78 is 5.91. The van der Waals surface area contributed by atoms with Crippen molar-refractivity contribution in [1.82, 2.24) is 20.3 Å². The molecule has 2 aromatic rings. The van der Waals surface area contributed by atoms with Gasteiger partial charge in [-0.2, -0.15) is 10.4 Å². The smallest absolute Gasteiger partial charge is 0.185 e. The van der Waals surface area contributed by atoms with Gasteiger partial charge in [-0.05, 0) is 55.6 Å². The first-order valence-electron chi connectivity index (χ1n) is 12.2. The Morgan fingerprint density at radius 3 is 2.78 bits per heavy atom. The van der Waals surface area contributed by atoms with Gasteiger partial charge < -0.3 is 10.1 Å². The molecule has 36 heavy (non-hydrogen) atoms. The van der Waals surface area contributed by atoms with Gasteiger partial charge in [0, 0.05) is 5.56 Å².